The van der Waals surface area contributed by atoms with Gasteiger partial charge in [-0.05, 0) is 37.5 Å². The Morgan fingerprint density at radius 3 is 0.792 bits per heavy atom. The maximum absolute atomic E-state index is 13.1. The summed E-state index contributed by atoms with van der Waals surface area (Å²) in [6, 6.07) is 0. The molecule has 0 radical (unpaired) electrons. The van der Waals surface area contributed by atoms with Gasteiger partial charge in [0.1, 0.15) is 19.3 Å². The van der Waals surface area contributed by atoms with Crippen molar-refractivity contribution in [2.75, 3.05) is 39.6 Å². The quantitative estimate of drug-likeness (QED) is 0.0222. The number of carbonyl (C=O) groups excluding carboxylic acids is 4. The normalized spacial score (nSPS) is 14.3. The fraction of sp³-hybridized carbons (Fsp3) is 0.948. The smallest absolute Gasteiger partial charge is 0.462 e. The molecule has 96 heavy (non-hydrogen) atoms. The van der Waals surface area contributed by atoms with Gasteiger partial charge in [0.2, 0.25) is 0 Å². The molecule has 0 amide bonds. The number of phosphoric ester groups is 2. The van der Waals surface area contributed by atoms with Crippen LogP contribution in [0, 0.1) is 11.8 Å². The molecule has 0 aliphatic carbocycles. The Bertz CT molecular complexity index is 1860. The average molecular weight is 1410 g/mol. The van der Waals surface area contributed by atoms with Gasteiger partial charge in [-0.1, -0.05) is 350 Å². The molecule has 6 atom stereocenters. The van der Waals surface area contributed by atoms with Gasteiger partial charge in [-0.2, -0.15) is 0 Å². The highest BCUT2D eigenvalue weighted by Gasteiger charge is 2.30. The van der Waals surface area contributed by atoms with Crippen molar-refractivity contribution >= 4 is 39.5 Å². The molecule has 0 rings (SSSR count). The van der Waals surface area contributed by atoms with Crippen LogP contribution in [0.4, 0.5) is 0 Å². The van der Waals surface area contributed by atoms with E-state index in [1.165, 1.54) is 212 Å². The zero-order valence-electron chi connectivity index (χ0n) is 62.7. The van der Waals surface area contributed by atoms with E-state index in [4.69, 9.17) is 37.0 Å². The van der Waals surface area contributed by atoms with E-state index in [-0.39, 0.29) is 25.7 Å². The van der Waals surface area contributed by atoms with Crippen molar-refractivity contribution in [2.45, 2.75) is 419 Å². The molecular formula is C77H150O17P2. The maximum Gasteiger partial charge on any atom is 0.472 e. The number of aliphatic hydroxyl groups is 1. The first-order valence-electron chi connectivity index (χ1n) is 40.0. The lowest BCUT2D eigenvalue weighted by Crippen LogP contribution is -2.30. The second-order valence-electron chi connectivity index (χ2n) is 28.5. The largest absolute Gasteiger partial charge is 0.472 e. The zero-order valence-corrected chi connectivity index (χ0v) is 64.5. The van der Waals surface area contributed by atoms with Gasteiger partial charge in [0, 0.05) is 25.7 Å². The SMILES string of the molecule is CCCCCCCCCCCCCCCCCCCCC(=O)O[C@H](COC(=O)CCCCCCCCCCCCCCCC(C)C)COP(=O)(O)OC[C@@H](O)COP(=O)(O)OC[C@@H](COC(=O)CCCCCCCCCC)OC(=O)CCCCCCCCCCCCC(C)CC. The molecule has 17 nitrogen and oxygen atoms in total. The lowest BCUT2D eigenvalue weighted by molar-refractivity contribution is -0.161. The Morgan fingerprint density at radius 2 is 0.531 bits per heavy atom. The lowest BCUT2D eigenvalue weighted by atomic mass is 9.99. The second kappa shape index (κ2) is 68.8. The van der Waals surface area contributed by atoms with Gasteiger partial charge in [-0.25, -0.2) is 9.13 Å². The van der Waals surface area contributed by atoms with E-state index in [0.717, 1.165) is 108 Å². The number of esters is 4. The van der Waals surface area contributed by atoms with Crippen molar-refractivity contribution in [2.24, 2.45) is 11.8 Å². The predicted octanol–water partition coefficient (Wildman–Crippen LogP) is 22.7. The Morgan fingerprint density at radius 1 is 0.302 bits per heavy atom. The van der Waals surface area contributed by atoms with Crippen molar-refractivity contribution in [3.8, 4) is 0 Å². The van der Waals surface area contributed by atoms with Crippen LogP contribution in [0.1, 0.15) is 401 Å². The summed E-state index contributed by atoms with van der Waals surface area (Å²) in [4.78, 5) is 72.8. The first-order valence-corrected chi connectivity index (χ1v) is 43.0. The first kappa shape index (κ1) is 94.1. The molecule has 0 bridgehead atoms. The molecule has 0 fully saturated rings. The zero-order chi connectivity index (χ0) is 70.7. The van der Waals surface area contributed by atoms with Gasteiger partial charge in [-0.3, -0.25) is 37.3 Å². The molecule has 0 saturated heterocycles. The van der Waals surface area contributed by atoms with Crippen LogP contribution >= 0.6 is 15.6 Å². The Balaban J connectivity index is 5.22. The summed E-state index contributed by atoms with van der Waals surface area (Å²) in [5.41, 5.74) is 0. The molecule has 3 N–H and O–H groups in total. The predicted molar refractivity (Wildman–Crippen MR) is 391 cm³/mol. The van der Waals surface area contributed by atoms with Gasteiger partial charge in [0.15, 0.2) is 12.2 Å². The van der Waals surface area contributed by atoms with Crippen LogP contribution in [0.3, 0.4) is 0 Å². The highest BCUT2D eigenvalue weighted by Crippen LogP contribution is 2.45. The molecule has 0 aromatic carbocycles. The summed E-state index contributed by atoms with van der Waals surface area (Å²) in [6.45, 7) is 9.62. The Labute approximate surface area is 588 Å². The van der Waals surface area contributed by atoms with Crippen LogP contribution in [0.2, 0.25) is 0 Å². The molecule has 0 aromatic rings. The van der Waals surface area contributed by atoms with Crippen LogP contribution in [0.15, 0.2) is 0 Å². The van der Waals surface area contributed by atoms with E-state index in [2.05, 4.69) is 41.5 Å². The van der Waals surface area contributed by atoms with E-state index in [0.29, 0.717) is 25.7 Å². The third kappa shape index (κ3) is 69.2. The van der Waals surface area contributed by atoms with Gasteiger partial charge >= 0.3 is 39.5 Å². The molecule has 19 heteroatoms. The number of unbranched alkanes of at least 4 members (excludes halogenated alkanes) is 45. The minimum atomic E-state index is -4.96. The second-order valence-corrected chi connectivity index (χ2v) is 31.4. The van der Waals surface area contributed by atoms with E-state index < -0.39 is 97.5 Å². The van der Waals surface area contributed by atoms with Crippen molar-refractivity contribution in [3.05, 3.63) is 0 Å². The number of carbonyl (C=O) groups is 4. The number of hydrogen-bond donors (Lipinski definition) is 3. The summed E-state index contributed by atoms with van der Waals surface area (Å²) >= 11 is 0. The van der Waals surface area contributed by atoms with Crippen LogP contribution in [-0.4, -0.2) is 96.7 Å². The topological polar surface area (TPSA) is 237 Å². The van der Waals surface area contributed by atoms with Crippen molar-refractivity contribution in [3.63, 3.8) is 0 Å². The third-order valence-electron chi connectivity index (χ3n) is 18.3. The standard InChI is InChI=1S/C77H150O17P2/c1-7-10-12-14-16-18-19-20-21-22-23-24-27-31-37-43-49-55-61-76(81)94-73(66-88-75(80)60-54-48-42-36-30-28-25-26-29-34-39-45-51-57-69(4)5)68-92-96(85,86)90-64-71(78)63-89-95(83,84)91-67-72(65-87-74(79)59-53-47-41-17-15-13-11-8-2)93-77(82)62-56-50-44-38-33-32-35-40-46-52-58-70(6)9-3/h69-73,78H,7-68H2,1-6H3,(H,83,84)(H,85,86)/t70?,71-,72+,73+/m0/s1. The molecular weight excluding hydrogens is 1260 g/mol. The minimum absolute atomic E-state index is 0.106. The van der Waals surface area contributed by atoms with Crippen molar-refractivity contribution < 1.29 is 80.2 Å². The summed E-state index contributed by atoms with van der Waals surface area (Å²) in [5.74, 6) is -0.521. The molecule has 0 saturated carbocycles. The number of rotatable bonds is 76. The molecule has 0 aliphatic rings. The van der Waals surface area contributed by atoms with E-state index in [1.54, 1.807) is 0 Å². The van der Waals surface area contributed by atoms with Gasteiger partial charge in [0.25, 0.3) is 0 Å². The van der Waals surface area contributed by atoms with Crippen LogP contribution in [0.5, 0.6) is 0 Å². The lowest BCUT2D eigenvalue weighted by Gasteiger charge is -2.21. The molecule has 570 valence electrons. The highest BCUT2D eigenvalue weighted by molar-refractivity contribution is 7.47. The number of ether oxygens (including phenoxy) is 4. The number of phosphoric acid groups is 2. The van der Waals surface area contributed by atoms with E-state index >= 15 is 0 Å². The number of aliphatic hydroxyl groups excluding tert-OH is 1. The molecule has 0 spiro atoms. The summed E-state index contributed by atoms with van der Waals surface area (Å²) in [5, 5.41) is 10.6. The third-order valence-corrected chi connectivity index (χ3v) is 20.2. The monoisotopic (exact) mass is 1410 g/mol. The highest BCUT2D eigenvalue weighted by atomic mass is 31.2. The van der Waals surface area contributed by atoms with Gasteiger partial charge in [0.05, 0.1) is 26.4 Å². The molecule has 3 unspecified atom stereocenters. The fourth-order valence-electron chi connectivity index (χ4n) is 11.8. The van der Waals surface area contributed by atoms with Crippen molar-refractivity contribution in [1.82, 2.24) is 0 Å². The fourth-order valence-corrected chi connectivity index (χ4v) is 13.4. The summed E-state index contributed by atoms with van der Waals surface area (Å²) in [7, 11) is -9.91. The van der Waals surface area contributed by atoms with Crippen LogP contribution < -0.4 is 0 Å². The first-order chi connectivity index (χ1) is 46.4. The van der Waals surface area contributed by atoms with E-state index in [9.17, 15) is 43.2 Å². The summed E-state index contributed by atoms with van der Waals surface area (Å²) in [6.07, 6.45) is 56.8. The molecule has 0 aromatic heterocycles. The van der Waals surface area contributed by atoms with Crippen molar-refractivity contribution in [1.29, 1.82) is 0 Å². The maximum atomic E-state index is 13.1. The number of hydrogen-bond acceptors (Lipinski definition) is 15. The summed E-state index contributed by atoms with van der Waals surface area (Å²) < 4.78 is 68.5. The van der Waals surface area contributed by atoms with Crippen LogP contribution in [0.25, 0.3) is 0 Å². The average Bonchev–Trinajstić information content (AvgIpc) is 1.58. The molecule has 0 aliphatic heterocycles. The van der Waals surface area contributed by atoms with Crippen LogP contribution in [-0.2, 0) is 65.4 Å². The Kier molecular flexibility index (Phi) is 67.4. The van der Waals surface area contributed by atoms with Gasteiger partial charge < -0.3 is 33.8 Å². The van der Waals surface area contributed by atoms with Gasteiger partial charge in [-0.15, -0.1) is 0 Å². The van der Waals surface area contributed by atoms with E-state index in [1.807, 2.05) is 0 Å². The Hall–Kier alpha value is -1.94. The minimum Gasteiger partial charge on any atom is -0.462 e. The molecule has 0 heterocycles.